The summed E-state index contributed by atoms with van der Waals surface area (Å²) in [6, 6.07) is 0.0462. The Morgan fingerprint density at radius 3 is 2.18 bits per heavy atom. The largest absolute Gasteiger partial charge is 0.393 e. The van der Waals surface area contributed by atoms with Gasteiger partial charge in [-0.05, 0) is 24.7 Å². The lowest BCUT2D eigenvalue weighted by Gasteiger charge is -2.37. The molecule has 0 aromatic heterocycles. The van der Waals surface area contributed by atoms with Gasteiger partial charge in [-0.3, -0.25) is 9.69 Å². The number of rotatable bonds is 5. The number of Topliss-reactive ketones (excluding diaryl/α,β-unsaturated/α-hetero) is 1. The number of likely N-dealkylation sites (tertiary alicyclic amines) is 1. The molecule has 17 heavy (non-hydrogen) atoms. The van der Waals surface area contributed by atoms with E-state index in [1.807, 2.05) is 0 Å². The van der Waals surface area contributed by atoms with Crippen molar-refractivity contribution >= 4 is 5.78 Å². The predicted octanol–water partition coefficient (Wildman–Crippen LogP) is 2.08. The van der Waals surface area contributed by atoms with E-state index in [1.54, 1.807) is 0 Å². The minimum Gasteiger partial charge on any atom is -0.393 e. The first-order valence-electron chi connectivity index (χ1n) is 6.86. The smallest absolute Gasteiger partial charge is 0.150 e. The maximum atomic E-state index is 12.3. The second-order valence-electron chi connectivity index (χ2n) is 6.02. The number of ketones is 1. The number of hydrogen-bond donors (Lipinski definition) is 1. The number of aliphatic hydroxyl groups excluding tert-OH is 1. The third-order valence-electron chi connectivity index (χ3n) is 3.46. The fourth-order valence-electron chi connectivity index (χ4n) is 2.68. The average molecular weight is 241 g/mol. The summed E-state index contributed by atoms with van der Waals surface area (Å²) in [5.74, 6) is 1.15. The highest BCUT2D eigenvalue weighted by atomic mass is 16.3. The molecule has 1 fully saturated rings. The summed E-state index contributed by atoms with van der Waals surface area (Å²) in [5, 5.41) is 9.52. The summed E-state index contributed by atoms with van der Waals surface area (Å²) in [4.78, 5) is 14.5. The van der Waals surface area contributed by atoms with Crippen LogP contribution in [-0.4, -0.2) is 41.0 Å². The molecule has 0 aliphatic carbocycles. The lowest BCUT2D eigenvalue weighted by Crippen LogP contribution is -2.49. The van der Waals surface area contributed by atoms with Crippen LogP contribution in [0.25, 0.3) is 0 Å². The van der Waals surface area contributed by atoms with E-state index in [2.05, 4.69) is 32.6 Å². The molecule has 0 unspecified atom stereocenters. The predicted molar refractivity (Wildman–Crippen MR) is 69.9 cm³/mol. The molecule has 1 saturated heterocycles. The number of carbonyl (C=O) groups excluding carboxylic acids is 1. The van der Waals surface area contributed by atoms with Gasteiger partial charge in [-0.1, -0.05) is 27.7 Å². The molecule has 1 aliphatic rings. The van der Waals surface area contributed by atoms with Crippen LogP contribution in [0.2, 0.25) is 0 Å². The second-order valence-corrected chi connectivity index (χ2v) is 6.02. The molecule has 1 heterocycles. The van der Waals surface area contributed by atoms with Gasteiger partial charge in [0.1, 0.15) is 5.78 Å². The van der Waals surface area contributed by atoms with Crippen molar-refractivity contribution in [2.45, 2.75) is 59.1 Å². The maximum absolute atomic E-state index is 12.3. The van der Waals surface area contributed by atoms with Crippen molar-refractivity contribution in [1.29, 1.82) is 0 Å². The van der Waals surface area contributed by atoms with Crippen LogP contribution in [-0.2, 0) is 4.79 Å². The van der Waals surface area contributed by atoms with Crippen molar-refractivity contribution in [3.05, 3.63) is 0 Å². The van der Waals surface area contributed by atoms with E-state index in [4.69, 9.17) is 0 Å². The van der Waals surface area contributed by atoms with E-state index in [9.17, 15) is 9.90 Å². The van der Waals surface area contributed by atoms with Gasteiger partial charge in [0.25, 0.3) is 0 Å². The van der Waals surface area contributed by atoms with Crippen LogP contribution in [0.3, 0.4) is 0 Å². The Labute approximate surface area is 105 Å². The first-order valence-corrected chi connectivity index (χ1v) is 6.86. The Morgan fingerprint density at radius 1 is 1.24 bits per heavy atom. The van der Waals surface area contributed by atoms with Crippen LogP contribution in [0, 0.1) is 11.8 Å². The monoisotopic (exact) mass is 241 g/mol. The summed E-state index contributed by atoms with van der Waals surface area (Å²) in [7, 11) is 0. The third-order valence-corrected chi connectivity index (χ3v) is 3.46. The molecule has 0 spiro atoms. The second kappa shape index (κ2) is 6.50. The first-order chi connectivity index (χ1) is 7.91. The summed E-state index contributed by atoms with van der Waals surface area (Å²) in [6.07, 6.45) is 2.11. The van der Waals surface area contributed by atoms with Crippen LogP contribution in [0.1, 0.15) is 47.0 Å². The Morgan fingerprint density at radius 2 is 1.76 bits per heavy atom. The molecule has 0 aromatic carbocycles. The molecule has 3 nitrogen and oxygen atoms in total. The quantitative estimate of drug-likeness (QED) is 0.801. The van der Waals surface area contributed by atoms with Crippen molar-refractivity contribution in [3.8, 4) is 0 Å². The minimum absolute atomic E-state index is 0.0462. The molecule has 0 aromatic rings. The highest BCUT2D eigenvalue weighted by molar-refractivity contribution is 5.84. The van der Waals surface area contributed by atoms with E-state index in [0.717, 1.165) is 25.9 Å². The summed E-state index contributed by atoms with van der Waals surface area (Å²) < 4.78 is 0. The first kappa shape index (κ1) is 14.7. The molecule has 1 rings (SSSR count). The normalized spacial score (nSPS) is 21.1. The topological polar surface area (TPSA) is 40.5 Å². The zero-order valence-electron chi connectivity index (χ0n) is 11.6. The van der Waals surface area contributed by atoms with E-state index < -0.39 is 0 Å². The molecule has 1 atom stereocenters. The van der Waals surface area contributed by atoms with E-state index in [1.165, 1.54) is 0 Å². The maximum Gasteiger partial charge on any atom is 0.150 e. The molecule has 0 bridgehead atoms. The molecule has 1 N–H and O–H groups in total. The zero-order chi connectivity index (χ0) is 13.0. The van der Waals surface area contributed by atoms with Gasteiger partial charge < -0.3 is 5.11 Å². The lowest BCUT2D eigenvalue weighted by molar-refractivity contribution is -0.127. The number of carbonyl (C=O) groups is 1. The molecule has 100 valence electrons. The molecule has 0 amide bonds. The van der Waals surface area contributed by atoms with Crippen molar-refractivity contribution in [2.75, 3.05) is 13.1 Å². The number of hydrogen-bond acceptors (Lipinski definition) is 3. The highest BCUT2D eigenvalue weighted by Crippen LogP contribution is 2.21. The molecular weight excluding hydrogens is 214 g/mol. The minimum atomic E-state index is -0.167. The van der Waals surface area contributed by atoms with E-state index in [0.29, 0.717) is 24.0 Å². The molecule has 0 radical (unpaired) electrons. The van der Waals surface area contributed by atoms with Crippen molar-refractivity contribution in [3.63, 3.8) is 0 Å². The van der Waals surface area contributed by atoms with Gasteiger partial charge in [0.05, 0.1) is 12.1 Å². The fraction of sp³-hybridized carbons (Fsp3) is 0.929. The number of piperidine rings is 1. The van der Waals surface area contributed by atoms with Crippen LogP contribution in [0.5, 0.6) is 0 Å². The van der Waals surface area contributed by atoms with Crippen molar-refractivity contribution in [2.24, 2.45) is 11.8 Å². The Bertz CT molecular complexity index is 243. The van der Waals surface area contributed by atoms with Crippen LogP contribution in [0.4, 0.5) is 0 Å². The molecular formula is C14H27NO2. The van der Waals surface area contributed by atoms with Gasteiger partial charge in [-0.15, -0.1) is 0 Å². The number of aliphatic hydroxyl groups is 1. The van der Waals surface area contributed by atoms with Gasteiger partial charge in [0.2, 0.25) is 0 Å². The van der Waals surface area contributed by atoms with Gasteiger partial charge >= 0.3 is 0 Å². The Kier molecular flexibility index (Phi) is 5.60. The van der Waals surface area contributed by atoms with Crippen LogP contribution in [0.15, 0.2) is 0 Å². The Hall–Kier alpha value is -0.410. The van der Waals surface area contributed by atoms with E-state index >= 15 is 0 Å². The van der Waals surface area contributed by atoms with Crippen LogP contribution >= 0.6 is 0 Å². The number of nitrogens with zero attached hydrogens (tertiary/aromatic N) is 1. The zero-order valence-corrected chi connectivity index (χ0v) is 11.6. The SMILES string of the molecule is CC(C)CC(=O)[C@H](C(C)C)N1CCC(O)CC1. The standard InChI is InChI=1S/C14H27NO2/c1-10(2)9-13(17)14(11(3)4)15-7-5-12(16)6-8-15/h10-12,14,16H,5-9H2,1-4H3/t14-/m0/s1. The molecule has 0 saturated carbocycles. The van der Waals surface area contributed by atoms with Crippen molar-refractivity contribution in [1.82, 2.24) is 4.90 Å². The highest BCUT2D eigenvalue weighted by Gasteiger charge is 2.31. The van der Waals surface area contributed by atoms with Gasteiger partial charge in [0.15, 0.2) is 0 Å². The Balaban J connectivity index is 2.62. The van der Waals surface area contributed by atoms with Gasteiger partial charge in [-0.25, -0.2) is 0 Å². The average Bonchev–Trinajstić information content (AvgIpc) is 2.19. The summed E-state index contributed by atoms with van der Waals surface area (Å²) >= 11 is 0. The van der Waals surface area contributed by atoms with Gasteiger partial charge in [0, 0.05) is 19.5 Å². The third kappa shape index (κ3) is 4.40. The van der Waals surface area contributed by atoms with Crippen molar-refractivity contribution < 1.29 is 9.90 Å². The summed E-state index contributed by atoms with van der Waals surface area (Å²) in [5.41, 5.74) is 0. The van der Waals surface area contributed by atoms with E-state index in [-0.39, 0.29) is 12.1 Å². The van der Waals surface area contributed by atoms with Crippen LogP contribution < -0.4 is 0 Å². The van der Waals surface area contributed by atoms with Gasteiger partial charge in [-0.2, -0.15) is 0 Å². The summed E-state index contributed by atoms with van der Waals surface area (Å²) in [6.45, 7) is 10.1. The lowest BCUT2D eigenvalue weighted by atomic mass is 9.91. The fourth-order valence-corrected chi connectivity index (χ4v) is 2.68. The molecule has 1 aliphatic heterocycles. The molecule has 3 heteroatoms.